The molecule has 0 aromatic heterocycles. The monoisotopic (exact) mass is 248 g/mol. The summed E-state index contributed by atoms with van der Waals surface area (Å²) in [5, 5.41) is 0. The van der Waals surface area contributed by atoms with E-state index >= 15 is 0 Å². The lowest BCUT2D eigenvalue weighted by atomic mass is 10.1. The van der Waals surface area contributed by atoms with Crippen LogP contribution in [0.15, 0.2) is 30.3 Å². The number of benzene rings is 1. The first-order valence-electron chi connectivity index (χ1n) is 6.49. The third kappa shape index (κ3) is 3.55. The molecule has 1 unspecified atom stereocenters. The molecule has 1 aliphatic rings. The molecule has 1 atom stereocenters. The molecule has 18 heavy (non-hydrogen) atoms. The predicted octanol–water partition coefficient (Wildman–Crippen LogP) is 1.61. The highest BCUT2D eigenvalue weighted by Gasteiger charge is 2.18. The van der Waals surface area contributed by atoms with Gasteiger partial charge in [0.15, 0.2) is 0 Å². The van der Waals surface area contributed by atoms with Crippen molar-refractivity contribution in [3.63, 3.8) is 0 Å². The summed E-state index contributed by atoms with van der Waals surface area (Å²) in [7, 11) is 0. The minimum Gasteiger partial charge on any atom is -0.459 e. The van der Waals surface area contributed by atoms with Gasteiger partial charge in [-0.05, 0) is 38.1 Å². The van der Waals surface area contributed by atoms with E-state index in [1.54, 1.807) is 12.1 Å². The minimum atomic E-state index is -0.303. The molecule has 1 aromatic rings. The van der Waals surface area contributed by atoms with E-state index in [0.29, 0.717) is 5.56 Å². The molecule has 1 heterocycles. The van der Waals surface area contributed by atoms with Crippen molar-refractivity contribution >= 4 is 5.97 Å². The fourth-order valence-electron chi connectivity index (χ4n) is 2.17. The van der Waals surface area contributed by atoms with Crippen LogP contribution in [0.1, 0.15) is 29.6 Å². The van der Waals surface area contributed by atoms with Crippen LogP contribution < -0.4 is 5.73 Å². The molecule has 4 nitrogen and oxygen atoms in total. The summed E-state index contributed by atoms with van der Waals surface area (Å²) >= 11 is 0. The molecule has 1 fully saturated rings. The van der Waals surface area contributed by atoms with Crippen molar-refractivity contribution < 1.29 is 9.53 Å². The zero-order chi connectivity index (χ0) is 12.8. The van der Waals surface area contributed by atoms with Crippen LogP contribution in [-0.4, -0.2) is 36.7 Å². The van der Waals surface area contributed by atoms with E-state index in [1.165, 1.54) is 19.3 Å². The van der Waals surface area contributed by atoms with Gasteiger partial charge in [0.2, 0.25) is 0 Å². The Morgan fingerprint density at radius 3 is 2.56 bits per heavy atom. The largest absolute Gasteiger partial charge is 0.459 e. The van der Waals surface area contributed by atoms with Gasteiger partial charge in [0.1, 0.15) is 6.61 Å². The third-order valence-electron chi connectivity index (χ3n) is 3.25. The van der Waals surface area contributed by atoms with Gasteiger partial charge >= 0.3 is 5.97 Å². The number of carbonyl (C=O) groups is 1. The Bertz CT molecular complexity index is 375. The van der Waals surface area contributed by atoms with Crippen molar-refractivity contribution in [2.24, 2.45) is 5.73 Å². The lowest BCUT2D eigenvalue weighted by Crippen LogP contribution is -2.47. The fourth-order valence-corrected chi connectivity index (χ4v) is 2.17. The number of hydrogen-bond acceptors (Lipinski definition) is 4. The molecular formula is C14H20N2O2. The van der Waals surface area contributed by atoms with Gasteiger partial charge < -0.3 is 10.5 Å². The van der Waals surface area contributed by atoms with Crippen molar-refractivity contribution in [1.82, 2.24) is 4.90 Å². The number of hydrogen-bond donors (Lipinski definition) is 1. The molecule has 2 rings (SSSR count). The summed E-state index contributed by atoms with van der Waals surface area (Å²) in [5.74, 6) is -0.303. The van der Waals surface area contributed by atoms with Crippen LogP contribution in [0.3, 0.4) is 0 Å². The van der Waals surface area contributed by atoms with Crippen molar-refractivity contribution in [3.8, 4) is 0 Å². The zero-order valence-electron chi connectivity index (χ0n) is 10.5. The molecule has 0 bridgehead atoms. The summed E-state index contributed by atoms with van der Waals surface area (Å²) < 4.78 is 5.24. The van der Waals surface area contributed by atoms with Crippen molar-refractivity contribution in [1.29, 1.82) is 0 Å². The van der Waals surface area contributed by atoms with E-state index in [1.807, 2.05) is 18.2 Å². The van der Waals surface area contributed by atoms with Crippen molar-refractivity contribution in [3.05, 3.63) is 35.9 Å². The maximum Gasteiger partial charge on any atom is 0.338 e. The normalized spacial score (nSPS) is 18.3. The number of rotatable bonds is 4. The van der Waals surface area contributed by atoms with Gasteiger partial charge in [0.25, 0.3) is 0 Å². The topological polar surface area (TPSA) is 55.6 Å². The van der Waals surface area contributed by atoms with Gasteiger partial charge in [-0.25, -0.2) is 4.79 Å². The van der Waals surface area contributed by atoms with Crippen molar-refractivity contribution in [2.45, 2.75) is 25.4 Å². The molecule has 0 spiro atoms. The van der Waals surface area contributed by atoms with E-state index in [4.69, 9.17) is 10.5 Å². The number of nitrogens with zero attached hydrogens (tertiary/aromatic N) is 1. The van der Waals surface area contributed by atoms with E-state index in [-0.39, 0.29) is 18.7 Å². The van der Waals surface area contributed by atoms with Gasteiger partial charge in [-0.2, -0.15) is 0 Å². The maximum absolute atomic E-state index is 11.7. The molecular weight excluding hydrogens is 228 g/mol. The number of piperidine rings is 1. The predicted molar refractivity (Wildman–Crippen MR) is 70.1 cm³/mol. The van der Waals surface area contributed by atoms with Crippen LogP contribution in [0.25, 0.3) is 0 Å². The average molecular weight is 248 g/mol. The second-order valence-corrected chi connectivity index (χ2v) is 4.63. The zero-order valence-corrected chi connectivity index (χ0v) is 10.5. The maximum atomic E-state index is 11.7. The number of carbonyl (C=O) groups excluding carboxylic acids is 1. The Balaban J connectivity index is 1.78. The molecule has 98 valence electrons. The molecule has 0 aliphatic carbocycles. The van der Waals surface area contributed by atoms with Gasteiger partial charge in [0.05, 0.1) is 11.7 Å². The van der Waals surface area contributed by atoms with Crippen LogP contribution >= 0.6 is 0 Å². The molecule has 1 saturated heterocycles. The average Bonchev–Trinajstić information content (AvgIpc) is 2.46. The minimum absolute atomic E-state index is 0.182. The van der Waals surface area contributed by atoms with E-state index in [2.05, 4.69) is 4.90 Å². The van der Waals surface area contributed by atoms with Crippen LogP contribution in [0, 0.1) is 0 Å². The summed E-state index contributed by atoms with van der Waals surface area (Å²) in [5.41, 5.74) is 6.60. The van der Waals surface area contributed by atoms with Gasteiger partial charge in [-0.15, -0.1) is 0 Å². The Morgan fingerprint density at radius 2 is 1.89 bits per heavy atom. The summed E-state index contributed by atoms with van der Waals surface area (Å²) in [4.78, 5) is 13.9. The molecule has 0 saturated carbocycles. The summed E-state index contributed by atoms with van der Waals surface area (Å²) in [6.07, 6.45) is 3.45. The number of nitrogens with two attached hydrogens (primary N) is 1. The Morgan fingerprint density at radius 1 is 1.22 bits per heavy atom. The van der Waals surface area contributed by atoms with Crippen LogP contribution in [-0.2, 0) is 4.74 Å². The molecule has 4 heteroatoms. The van der Waals surface area contributed by atoms with Gasteiger partial charge in [-0.3, -0.25) is 4.90 Å². The number of likely N-dealkylation sites (tertiary alicyclic amines) is 1. The van der Waals surface area contributed by atoms with E-state index in [9.17, 15) is 4.79 Å². The Kier molecular flexibility index (Phi) is 4.73. The number of ether oxygens (including phenoxy) is 1. The lowest BCUT2D eigenvalue weighted by Gasteiger charge is -2.31. The summed E-state index contributed by atoms with van der Waals surface area (Å²) in [6, 6.07) is 9.00. The Hall–Kier alpha value is -1.39. The third-order valence-corrected chi connectivity index (χ3v) is 3.25. The van der Waals surface area contributed by atoms with Gasteiger partial charge in [0, 0.05) is 0 Å². The molecule has 2 N–H and O–H groups in total. The highest BCUT2D eigenvalue weighted by atomic mass is 16.5. The lowest BCUT2D eigenvalue weighted by molar-refractivity contribution is 0.0329. The second-order valence-electron chi connectivity index (χ2n) is 4.63. The van der Waals surface area contributed by atoms with E-state index in [0.717, 1.165) is 13.1 Å². The fraction of sp³-hybridized carbons (Fsp3) is 0.500. The second kappa shape index (κ2) is 6.52. The molecule has 0 radical (unpaired) electrons. The molecule has 1 aliphatic heterocycles. The standard InChI is InChI=1S/C14H20N2O2/c15-13(16-9-5-2-6-10-16)11-18-14(17)12-7-3-1-4-8-12/h1,3-4,7-8,13H,2,5-6,9-11,15H2. The van der Waals surface area contributed by atoms with E-state index < -0.39 is 0 Å². The number of esters is 1. The smallest absolute Gasteiger partial charge is 0.338 e. The highest BCUT2D eigenvalue weighted by molar-refractivity contribution is 5.89. The first-order valence-corrected chi connectivity index (χ1v) is 6.49. The van der Waals surface area contributed by atoms with Gasteiger partial charge in [-0.1, -0.05) is 24.6 Å². The van der Waals surface area contributed by atoms with Crippen LogP contribution in [0.2, 0.25) is 0 Å². The van der Waals surface area contributed by atoms with Crippen LogP contribution in [0.4, 0.5) is 0 Å². The quantitative estimate of drug-likeness (QED) is 0.823. The Labute approximate surface area is 108 Å². The molecule has 0 amide bonds. The first-order chi connectivity index (χ1) is 8.77. The SMILES string of the molecule is NC(COC(=O)c1ccccc1)N1CCCCC1. The molecule has 1 aromatic carbocycles. The van der Waals surface area contributed by atoms with Crippen LogP contribution in [0.5, 0.6) is 0 Å². The first kappa shape index (κ1) is 13.1. The highest BCUT2D eigenvalue weighted by Crippen LogP contribution is 2.10. The van der Waals surface area contributed by atoms with Crippen molar-refractivity contribution in [2.75, 3.05) is 19.7 Å². The summed E-state index contributed by atoms with van der Waals surface area (Å²) in [6.45, 7) is 2.27.